The summed E-state index contributed by atoms with van der Waals surface area (Å²) in [4.78, 5) is 37.7. The first-order chi connectivity index (χ1) is 12.5. The molecule has 0 aliphatic carbocycles. The molecule has 1 aliphatic heterocycles. The average Bonchev–Trinajstić information content (AvgIpc) is 3.21. The largest absolute Gasteiger partial charge is 0.453 e. The topological polar surface area (TPSA) is 72.5 Å². The maximum absolute atomic E-state index is 12.3. The summed E-state index contributed by atoms with van der Waals surface area (Å²) in [6, 6.07) is 6.90. The van der Waals surface area contributed by atoms with Crippen molar-refractivity contribution in [1.82, 2.24) is 0 Å². The number of anilines is 1. The number of aryl methyl sites for hydroxylation is 2. The molecule has 5 nitrogen and oxygen atoms in total. The van der Waals surface area contributed by atoms with E-state index in [1.165, 1.54) is 21.8 Å². The van der Waals surface area contributed by atoms with E-state index in [4.69, 9.17) is 4.74 Å². The van der Waals surface area contributed by atoms with Crippen molar-refractivity contribution in [3.8, 4) is 0 Å². The van der Waals surface area contributed by atoms with Gasteiger partial charge in [-0.2, -0.15) is 0 Å². The van der Waals surface area contributed by atoms with Gasteiger partial charge in [-0.3, -0.25) is 9.59 Å². The second-order valence-corrected chi connectivity index (χ2v) is 7.40. The number of hydrogen-bond acceptors (Lipinski definition) is 5. The summed E-state index contributed by atoms with van der Waals surface area (Å²) >= 11 is 1.45. The minimum Gasteiger partial charge on any atom is -0.453 e. The fourth-order valence-electron chi connectivity index (χ4n) is 2.99. The van der Waals surface area contributed by atoms with Gasteiger partial charge in [-0.15, -0.1) is 11.3 Å². The molecule has 0 bridgehead atoms. The van der Waals surface area contributed by atoms with Crippen molar-refractivity contribution in [3.05, 3.63) is 50.7 Å². The number of ether oxygens (including phenoxy) is 1. The van der Waals surface area contributed by atoms with E-state index >= 15 is 0 Å². The molecule has 3 rings (SSSR count). The summed E-state index contributed by atoms with van der Waals surface area (Å²) in [5.41, 5.74) is 3.14. The fraction of sp³-hybridized carbons (Fsp3) is 0.350. The molecule has 2 heterocycles. The third-order valence-electron chi connectivity index (χ3n) is 4.34. The molecule has 0 unspecified atom stereocenters. The van der Waals surface area contributed by atoms with Crippen LogP contribution < -0.4 is 5.32 Å². The molecule has 0 saturated heterocycles. The second kappa shape index (κ2) is 7.83. The van der Waals surface area contributed by atoms with Crippen LogP contribution in [0.2, 0.25) is 0 Å². The van der Waals surface area contributed by atoms with E-state index in [1.54, 1.807) is 18.2 Å². The number of benzene rings is 1. The van der Waals surface area contributed by atoms with Gasteiger partial charge in [0.05, 0.1) is 6.42 Å². The average molecular weight is 371 g/mol. The number of rotatable bonds is 7. The van der Waals surface area contributed by atoms with Crippen LogP contribution in [0.4, 0.5) is 5.69 Å². The van der Waals surface area contributed by atoms with Crippen LogP contribution in [0.3, 0.4) is 0 Å². The van der Waals surface area contributed by atoms with Gasteiger partial charge in [0.2, 0.25) is 5.91 Å². The maximum atomic E-state index is 12.3. The Labute approximate surface area is 156 Å². The molecule has 1 aromatic heterocycles. The van der Waals surface area contributed by atoms with Crippen LogP contribution in [0.15, 0.2) is 24.3 Å². The van der Waals surface area contributed by atoms with Crippen molar-refractivity contribution in [2.24, 2.45) is 0 Å². The molecule has 0 saturated carbocycles. The molecule has 1 aliphatic rings. The smallest absolute Gasteiger partial charge is 0.348 e. The molecular formula is C20H21NO4S. The van der Waals surface area contributed by atoms with Gasteiger partial charge in [0.15, 0.2) is 12.4 Å². The van der Waals surface area contributed by atoms with Gasteiger partial charge in [0, 0.05) is 16.1 Å². The number of nitrogens with one attached hydrogen (secondary N) is 1. The normalized spacial score (nSPS) is 12.6. The van der Waals surface area contributed by atoms with Gasteiger partial charge < -0.3 is 10.1 Å². The molecule has 2 aromatic rings. The predicted octanol–water partition coefficient (Wildman–Crippen LogP) is 3.80. The van der Waals surface area contributed by atoms with Crippen molar-refractivity contribution in [1.29, 1.82) is 0 Å². The maximum Gasteiger partial charge on any atom is 0.348 e. The Balaban J connectivity index is 1.63. The minimum absolute atomic E-state index is 0.0802. The zero-order chi connectivity index (χ0) is 18.7. The zero-order valence-corrected chi connectivity index (χ0v) is 15.7. The van der Waals surface area contributed by atoms with Gasteiger partial charge >= 0.3 is 5.97 Å². The summed E-state index contributed by atoms with van der Waals surface area (Å²) in [5, 5.41) is 2.72. The molecule has 0 spiro atoms. The van der Waals surface area contributed by atoms with Gasteiger partial charge in [0.1, 0.15) is 4.88 Å². The summed E-state index contributed by atoms with van der Waals surface area (Å²) in [6.07, 6.45) is 3.11. The van der Waals surface area contributed by atoms with Crippen LogP contribution in [0.25, 0.3) is 0 Å². The lowest BCUT2D eigenvalue weighted by Gasteiger charge is -2.05. The zero-order valence-electron chi connectivity index (χ0n) is 14.9. The molecular weight excluding hydrogens is 350 g/mol. The number of amides is 1. The number of ketones is 1. The first kappa shape index (κ1) is 18.3. The van der Waals surface area contributed by atoms with Crippen molar-refractivity contribution >= 4 is 34.7 Å². The Morgan fingerprint density at radius 1 is 1.23 bits per heavy atom. The van der Waals surface area contributed by atoms with E-state index in [0.717, 1.165) is 30.5 Å². The lowest BCUT2D eigenvalue weighted by Crippen LogP contribution is -2.13. The monoisotopic (exact) mass is 371 g/mol. The quantitative estimate of drug-likeness (QED) is 0.594. The van der Waals surface area contributed by atoms with Crippen LogP contribution in [-0.4, -0.2) is 24.3 Å². The van der Waals surface area contributed by atoms with E-state index in [1.807, 2.05) is 6.07 Å². The van der Waals surface area contributed by atoms with E-state index in [9.17, 15) is 14.4 Å². The highest BCUT2D eigenvalue weighted by molar-refractivity contribution is 7.14. The molecule has 6 heteroatoms. The van der Waals surface area contributed by atoms with Gasteiger partial charge in [-0.25, -0.2) is 4.79 Å². The SMILES string of the molecule is CCCc1sc(C(=O)OCC(=O)c2ccc3c(c2)CC(=O)N3)cc1CC. The fourth-order valence-corrected chi connectivity index (χ4v) is 4.24. The summed E-state index contributed by atoms with van der Waals surface area (Å²) < 4.78 is 5.22. The number of Topliss-reactive ketones (excluding diaryl/α,β-unsaturated/α-hetero) is 1. The molecule has 136 valence electrons. The van der Waals surface area contributed by atoms with Crippen LogP contribution in [0.5, 0.6) is 0 Å². The first-order valence-electron chi connectivity index (χ1n) is 8.76. The number of fused-ring (bicyclic) bond motifs is 1. The summed E-state index contributed by atoms with van der Waals surface area (Å²) in [6.45, 7) is 3.87. The molecule has 1 amide bonds. The Bertz CT molecular complexity index is 869. The molecule has 1 N–H and O–H groups in total. The Kier molecular flexibility index (Phi) is 5.52. The third kappa shape index (κ3) is 3.85. The van der Waals surface area contributed by atoms with E-state index in [2.05, 4.69) is 19.2 Å². The van der Waals surface area contributed by atoms with Crippen LogP contribution in [0, 0.1) is 0 Å². The van der Waals surface area contributed by atoms with E-state index in [0.29, 0.717) is 10.4 Å². The van der Waals surface area contributed by atoms with Gasteiger partial charge in [-0.1, -0.05) is 20.3 Å². The Hall–Kier alpha value is -2.47. The van der Waals surface area contributed by atoms with Crippen molar-refractivity contribution in [3.63, 3.8) is 0 Å². The van der Waals surface area contributed by atoms with Crippen LogP contribution >= 0.6 is 11.3 Å². The highest BCUT2D eigenvalue weighted by Gasteiger charge is 2.20. The third-order valence-corrected chi connectivity index (χ3v) is 5.56. The number of hydrogen-bond donors (Lipinski definition) is 1. The highest BCUT2D eigenvalue weighted by Crippen LogP contribution is 2.26. The predicted molar refractivity (Wildman–Crippen MR) is 101 cm³/mol. The summed E-state index contributed by atoms with van der Waals surface area (Å²) in [5.74, 6) is -0.816. The standard InChI is InChI=1S/C20H21NO4S/c1-3-5-17-12(4-2)9-18(26-17)20(24)25-11-16(22)13-6-7-15-14(8-13)10-19(23)21-15/h6-9H,3-5,10-11H2,1-2H3,(H,21,23). The lowest BCUT2D eigenvalue weighted by atomic mass is 10.1. The summed E-state index contributed by atoms with van der Waals surface area (Å²) in [7, 11) is 0. The highest BCUT2D eigenvalue weighted by atomic mass is 32.1. The molecule has 0 fully saturated rings. The molecule has 26 heavy (non-hydrogen) atoms. The lowest BCUT2D eigenvalue weighted by molar-refractivity contribution is -0.115. The minimum atomic E-state index is -0.460. The Morgan fingerprint density at radius 2 is 2.04 bits per heavy atom. The van der Waals surface area contributed by atoms with Crippen molar-refractivity contribution in [2.75, 3.05) is 11.9 Å². The number of esters is 1. The second-order valence-electron chi connectivity index (χ2n) is 6.26. The van der Waals surface area contributed by atoms with Crippen LogP contribution in [0.1, 0.15) is 56.3 Å². The van der Waals surface area contributed by atoms with Crippen molar-refractivity contribution in [2.45, 2.75) is 39.5 Å². The number of carbonyl (C=O) groups is 3. The van der Waals surface area contributed by atoms with Gasteiger partial charge in [-0.05, 0) is 48.2 Å². The molecule has 0 radical (unpaired) electrons. The van der Waals surface area contributed by atoms with Gasteiger partial charge in [0.25, 0.3) is 0 Å². The van der Waals surface area contributed by atoms with Crippen molar-refractivity contribution < 1.29 is 19.1 Å². The van der Waals surface area contributed by atoms with Crippen LogP contribution in [-0.2, 0) is 28.8 Å². The number of carbonyl (C=O) groups excluding carboxylic acids is 3. The van der Waals surface area contributed by atoms with E-state index in [-0.39, 0.29) is 24.7 Å². The number of thiophene rings is 1. The van der Waals surface area contributed by atoms with E-state index < -0.39 is 5.97 Å². The molecule has 1 aromatic carbocycles. The Morgan fingerprint density at radius 3 is 2.77 bits per heavy atom. The first-order valence-corrected chi connectivity index (χ1v) is 9.58. The molecule has 0 atom stereocenters.